The number of ether oxygens (including phenoxy) is 1. The highest BCUT2D eigenvalue weighted by molar-refractivity contribution is 5.48. The normalized spacial score (nSPS) is 28.4. The molecule has 1 fully saturated rings. The third-order valence-electron chi connectivity index (χ3n) is 3.24. The number of aliphatic hydroxyl groups is 2. The molecule has 94 valence electrons. The maximum atomic E-state index is 9.61. The molecule has 17 heavy (non-hydrogen) atoms. The predicted molar refractivity (Wildman–Crippen MR) is 65.9 cm³/mol. The van der Waals surface area contributed by atoms with Gasteiger partial charge in [0.1, 0.15) is 12.3 Å². The van der Waals surface area contributed by atoms with Crippen LogP contribution in [0.3, 0.4) is 0 Å². The molecule has 0 radical (unpaired) electrons. The van der Waals surface area contributed by atoms with Gasteiger partial charge in [0.15, 0.2) is 0 Å². The number of hydrogen-bond acceptors (Lipinski definition) is 4. The SMILES string of the molecule is Cc1ccc(N[C@H]2C[C@H](O)[C@@H](CO)O2)cc1C. The summed E-state index contributed by atoms with van der Waals surface area (Å²) in [6.07, 6.45) is -0.801. The highest BCUT2D eigenvalue weighted by Crippen LogP contribution is 2.23. The van der Waals surface area contributed by atoms with Crippen molar-refractivity contribution < 1.29 is 14.9 Å². The van der Waals surface area contributed by atoms with Crippen molar-refractivity contribution in [3.63, 3.8) is 0 Å². The zero-order chi connectivity index (χ0) is 12.4. The zero-order valence-electron chi connectivity index (χ0n) is 10.2. The summed E-state index contributed by atoms with van der Waals surface area (Å²) in [5.74, 6) is 0. The Bertz CT molecular complexity index is 394. The Hall–Kier alpha value is -1.10. The van der Waals surface area contributed by atoms with Crippen LogP contribution in [0.5, 0.6) is 0 Å². The molecule has 0 aromatic heterocycles. The molecule has 0 unspecified atom stereocenters. The van der Waals surface area contributed by atoms with E-state index >= 15 is 0 Å². The average molecular weight is 237 g/mol. The Balaban J connectivity index is 2.00. The molecule has 3 N–H and O–H groups in total. The van der Waals surface area contributed by atoms with Gasteiger partial charge in [-0.2, -0.15) is 0 Å². The van der Waals surface area contributed by atoms with Crippen LogP contribution in [0.2, 0.25) is 0 Å². The zero-order valence-corrected chi connectivity index (χ0v) is 10.2. The second kappa shape index (κ2) is 5.04. The van der Waals surface area contributed by atoms with Crippen molar-refractivity contribution in [2.24, 2.45) is 0 Å². The lowest BCUT2D eigenvalue weighted by Crippen LogP contribution is -2.25. The summed E-state index contributed by atoms with van der Waals surface area (Å²) >= 11 is 0. The summed E-state index contributed by atoms with van der Waals surface area (Å²) in [4.78, 5) is 0. The molecule has 4 nitrogen and oxygen atoms in total. The Kier molecular flexibility index (Phi) is 3.66. The fourth-order valence-corrected chi connectivity index (χ4v) is 2.00. The molecule has 0 aliphatic carbocycles. The molecule has 0 amide bonds. The first-order valence-electron chi connectivity index (χ1n) is 5.88. The van der Waals surface area contributed by atoms with Crippen LogP contribution in [0.4, 0.5) is 5.69 Å². The topological polar surface area (TPSA) is 61.7 Å². The number of nitrogens with one attached hydrogen (secondary N) is 1. The fraction of sp³-hybridized carbons (Fsp3) is 0.538. The molecule has 1 aliphatic heterocycles. The smallest absolute Gasteiger partial charge is 0.130 e. The first-order valence-corrected chi connectivity index (χ1v) is 5.88. The largest absolute Gasteiger partial charge is 0.394 e. The lowest BCUT2D eigenvalue weighted by Gasteiger charge is -2.15. The molecule has 0 bridgehead atoms. The van der Waals surface area contributed by atoms with E-state index in [1.54, 1.807) is 0 Å². The third-order valence-corrected chi connectivity index (χ3v) is 3.24. The van der Waals surface area contributed by atoms with Crippen molar-refractivity contribution in [1.29, 1.82) is 0 Å². The summed E-state index contributed by atoms with van der Waals surface area (Å²) in [7, 11) is 0. The standard InChI is InChI=1S/C13H19NO3/c1-8-3-4-10(5-9(8)2)14-13-6-11(16)12(7-15)17-13/h3-5,11-16H,6-7H2,1-2H3/t11-,12+,13+/m0/s1. The van der Waals surface area contributed by atoms with Crippen molar-refractivity contribution in [2.45, 2.75) is 38.7 Å². The van der Waals surface area contributed by atoms with Crippen molar-refractivity contribution in [1.82, 2.24) is 0 Å². The number of benzene rings is 1. The maximum absolute atomic E-state index is 9.61. The van der Waals surface area contributed by atoms with E-state index in [2.05, 4.69) is 25.2 Å². The van der Waals surface area contributed by atoms with Gasteiger partial charge in [0.25, 0.3) is 0 Å². The molecular formula is C13H19NO3. The Morgan fingerprint density at radius 3 is 2.71 bits per heavy atom. The van der Waals surface area contributed by atoms with Crippen LogP contribution in [0, 0.1) is 13.8 Å². The Morgan fingerprint density at radius 1 is 1.35 bits per heavy atom. The van der Waals surface area contributed by atoms with Gasteiger partial charge in [-0.1, -0.05) is 6.07 Å². The van der Waals surface area contributed by atoms with E-state index in [9.17, 15) is 5.11 Å². The van der Waals surface area contributed by atoms with Crippen LogP contribution in [0.15, 0.2) is 18.2 Å². The van der Waals surface area contributed by atoms with Crippen molar-refractivity contribution >= 4 is 5.69 Å². The Labute approximate surface area is 101 Å². The minimum absolute atomic E-state index is 0.147. The fourth-order valence-electron chi connectivity index (χ4n) is 2.00. The van der Waals surface area contributed by atoms with E-state index in [1.807, 2.05) is 12.1 Å². The van der Waals surface area contributed by atoms with Crippen LogP contribution in [-0.2, 0) is 4.74 Å². The lowest BCUT2D eigenvalue weighted by atomic mass is 10.1. The van der Waals surface area contributed by atoms with Gasteiger partial charge in [0.2, 0.25) is 0 Å². The molecule has 1 aromatic carbocycles. The van der Waals surface area contributed by atoms with E-state index < -0.39 is 12.2 Å². The van der Waals surface area contributed by atoms with E-state index in [-0.39, 0.29) is 12.8 Å². The average Bonchev–Trinajstić information content (AvgIpc) is 2.64. The van der Waals surface area contributed by atoms with Gasteiger partial charge in [-0.05, 0) is 37.1 Å². The third kappa shape index (κ3) is 2.77. The molecule has 2 rings (SSSR count). The van der Waals surface area contributed by atoms with Crippen molar-refractivity contribution in [3.05, 3.63) is 29.3 Å². The summed E-state index contributed by atoms with van der Waals surface area (Å²) in [5, 5.41) is 21.8. The molecule has 1 aliphatic rings. The number of aryl methyl sites for hydroxylation is 2. The van der Waals surface area contributed by atoms with E-state index in [1.165, 1.54) is 11.1 Å². The second-order valence-corrected chi connectivity index (χ2v) is 4.59. The highest BCUT2D eigenvalue weighted by Gasteiger charge is 2.33. The summed E-state index contributed by atoms with van der Waals surface area (Å²) in [6, 6.07) is 6.09. The Morgan fingerprint density at radius 2 is 2.12 bits per heavy atom. The van der Waals surface area contributed by atoms with Gasteiger partial charge in [-0.15, -0.1) is 0 Å². The first-order chi connectivity index (χ1) is 8.10. The van der Waals surface area contributed by atoms with Gasteiger partial charge in [0.05, 0.1) is 12.7 Å². The van der Waals surface area contributed by atoms with E-state index in [4.69, 9.17) is 9.84 Å². The van der Waals surface area contributed by atoms with Gasteiger partial charge in [-0.25, -0.2) is 0 Å². The predicted octanol–water partition coefficient (Wildman–Crippen LogP) is 1.18. The highest BCUT2D eigenvalue weighted by atomic mass is 16.5. The summed E-state index contributed by atoms with van der Waals surface area (Å²) in [6.45, 7) is 3.98. The molecule has 1 aromatic rings. The number of anilines is 1. The molecular weight excluding hydrogens is 218 g/mol. The van der Waals surface area contributed by atoms with Gasteiger partial charge in [0, 0.05) is 12.1 Å². The maximum Gasteiger partial charge on any atom is 0.130 e. The molecule has 0 saturated carbocycles. The number of hydrogen-bond donors (Lipinski definition) is 3. The minimum atomic E-state index is -0.593. The van der Waals surface area contributed by atoms with Gasteiger partial charge >= 0.3 is 0 Å². The first kappa shape index (κ1) is 12.4. The lowest BCUT2D eigenvalue weighted by molar-refractivity contribution is -0.0149. The van der Waals surface area contributed by atoms with Crippen molar-refractivity contribution in [2.75, 3.05) is 11.9 Å². The number of rotatable bonds is 3. The molecule has 3 atom stereocenters. The quantitative estimate of drug-likeness (QED) is 0.739. The van der Waals surface area contributed by atoms with Crippen LogP contribution in [0.25, 0.3) is 0 Å². The summed E-state index contributed by atoms with van der Waals surface area (Å²) in [5.41, 5.74) is 3.44. The monoisotopic (exact) mass is 237 g/mol. The second-order valence-electron chi connectivity index (χ2n) is 4.59. The van der Waals surface area contributed by atoms with Crippen molar-refractivity contribution in [3.8, 4) is 0 Å². The van der Waals surface area contributed by atoms with E-state index in [0.29, 0.717) is 6.42 Å². The van der Waals surface area contributed by atoms with Crippen LogP contribution < -0.4 is 5.32 Å². The van der Waals surface area contributed by atoms with Gasteiger partial charge in [-0.3, -0.25) is 0 Å². The summed E-state index contributed by atoms with van der Waals surface area (Å²) < 4.78 is 5.49. The number of aliphatic hydroxyl groups excluding tert-OH is 2. The van der Waals surface area contributed by atoms with E-state index in [0.717, 1.165) is 5.69 Å². The molecule has 1 heterocycles. The van der Waals surface area contributed by atoms with Gasteiger partial charge < -0.3 is 20.3 Å². The minimum Gasteiger partial charge on any atom is -0.394 e. The molecule has 1 saturated heterocycles. The van der Waals surface area contributed by atoms with Crippen LogP contribution in [-0.4, -0.2) is 35.3 Å². The molecule has 0 spiro atoms. The van der Waals surface area contributed by atoms with Crippen LogP contribution in [0.1, 0.15) is 17.5 Å². The van der Waals surface area contributed by atoms with Crippen LogP contribution >= 0.6 is 0 Å². The molecule has 4 heteroatoms.